The number of aromatic nitrogens is 1. The quantitative estimate of drug-likeness (QED) is 0.298. The number of nitrogens with zero attached hydrogens (tertiary/aromatic N) is 2. The van der Waals surface area contributed by atoms with Gasteiger partial charge in [0.25, 0.3) is 0 Å². The van der Waals surface area contributed by atoms with Crippen LogP contribution in [0.25, 0.3) is 10.9 Å². The summed E-state index contributed by atoms with van der Waals surface area (Å²) in [6.07, 6.45) is 2.41. The van der Waals surface area contributed by atoms with E-state index in [1.165, 1.54) is 6.20 Å². The van der Waals surface area contributed by atoms with Crippen LogP contribution >= 0.6 is 23.4 Å². The molecule has 0 amide bonds. The summed E-state index contributed by atoms with van der Waals surface area (Å²) in [5.74, 6) is 1.61. The lowest BCUT2D eigenvalue weighted by Crippen LogP contribution is -2.45. The van der Waals surface area contributed by atoms with Gasteiger partial charge >= 0.3 is 5.97 Å². The van der Waals surface area contributed by atoms with Gasteiger partial charge in [0, 0.05) is 34.3 Å². The smallest absolute Gasteiger partial charge is 0.309 e. The summed E-state index contributed by atoms with van der Waals surface area (Å²) in [6.45, 7) is 2.33. The first-order valence-corrected chi connectivity index (χ1v) is 13.7. The molecule has 2 heterocycles. The van der Waals surface area contributed by atoms with Gasteiger partial charge in [0.2, 0.25) is 0 Å². The Labute approximate surface area is 226 Å². The van der Waals surface area contributed by atoms with E-state index < -0.39 is 17.5 Å². The zero-order valence-electron chi connectivity index (χ0n) is 21.2. The average molecular weight is 545 g/mol. The lowest BCUT2D eigenvalue weighted by Gasteiger charge is -2.39. The normalized spacial score (nSPS) is 16.4. The fraction of sp³-hybridized carbons (Fsp3) is 0.429. The van der Waals surface area contributed by atoms with Crippen molar-refractivity contribution in [3.05, 3.63) is 59.2 Å². The largest absolute Gasteiger partial charge is 0.497 e. The number of carboxylic acid groups (broad SMARTS) is 1. The van der Waals surface area contributed by atoms with Gasteiger partial charge in [0.1, 0.15) is 11.5 Å². The zero-order valence-corrected chi connectivity index (χ0v) is 22.7. The third kappa shape index (κ3) is 6.49. The van der Waals surface area contributed by atoms with Crippen LogP contribution < -0.4 is 9.47 Å². The number of methoxy groups -OCH3 is 2. The number of pyridine rings is 1. The second kappa shape index (κ2) is 12.3. The van der Waals surface area contributed by atoms with Crippen molar-refractivity contribution in [1.82, 2.24) is 9.88 Å². The van der Waals surface area contributed by atoms with Gasteiger partial charge in [-0.3, -0.25) is 9.78 Å². The molecule has 0 spiro atoms. The molecule has 0 aliphatic carbocycles. The van der Waals surface area contributed by atoms with Crippen LogP contribution in [0.4, 0.5) is 0 Å². The first-order chi connectivity index (χ1) is 17.8. The predicted octanol–water partition coefficient (Wildman–Crippen LogP) is 5.68. The molecule has 1 aliphatic heterocycles. The lowest BCUT2D eigenvalue weighted by atomic mass is 9.74. The number of benzene rings is 2. The van der Waals surface area contributed by atoms with E-state index in [2.05, 4.69) is 16.0 Å². The highest BCUT2D eigenvalue weighted by Gasteiger charge is 2.41. The van der Waals surface area contributed by atoms with Crippen LogP contribution in [0.1, 0.15) is 37.4 Å². The van der Waals surface area contributed by atoms with Gasteiger partial charge in [-0.25, -0.2) is 0 Å². The van der Waals surface area contributed by atoms with Gasteiger partial charge in [0.05, 0.1) is 36.3 Å². The Morgan fingerprint density at radius 1 is 1.16 bits per heavy atom. The van der Waals surface area contributed by atoms with E-state index in [0.717, 1.165) is 36.0 Å². The second-order valence-electron chi connectivity index (χ2n) is 9.41. The van der Waals surface area contributed by atoms with Crippen LogP contribution in [0.2, 0.25) is 5.02 Å². The summed E-state index contributed by atoms with van der Waals surface area (Å²) in [4.78, 5) is 20.2. The minimum absolute atomic E-state index is 0.300. The number of aliphatic carboxylic acids is 1. The predicted molar refractivity (Wildman–Crippen MR) is 147 cm³/mol. The monoisotopic (exact) mass is 544 g/mol. The topological polar surface area (TPSA) is 92.1 Å². The lowest BCUT2D eigenvalue weighted by molar-refractivity contribution is -0.153. The Kier molecular flexibility index (Phi) is 9.18. The van der Waals surface area contributed by atoms with Crippen molar-refractivity contribution in [2.45, 2.75) is 36.7 Å². The average Bonchev–Trinajstić information content (AvgIpc) is 2.92. The molecule has 3 aromatic rings. The van der Waals surface area contributed by atoms with Gasteiger partial charge in [-0.2, -0.15) is 0 Å². The number of aliphatic hydroxyl groups is 1. The number of likely N-dealkylation sites (tertiary alicyclic amines) is 1. The molecule has 1 aliphatic rings. The third-order valence-corrected chi connectivity index (χ3v) is 8.56. The van der Waals surface area contributed by atoms with E-state index >= 15 is 0 Å². The number of carboxylic acids is 1. The van der Waals surface area contributed by atoms with Crippen LogP contribution in [0.5, 0.6) is 11.5 Å². The Hall–Kier alpha value is -2.52. The van der Waals surface area contributed by atoms with E-state index in [0.29, 0.717) is 52.9 Å². The molecule has 1 atom stereocenters. The highest BCUT2D eigenvalue weighted by Crippen LogP contribution is 2.41. The molecule has 0 bridgehead atoms. The number of rotatable bonds is 11. The summed E-state index contributed by atoms with van der Waals surface area (Å²) in [5, 5.41) is 22.4. The summed E-state index contributed by atoms with van der Waals surface area (Å²) >= 11 is 8.21. The number of thioether (sulfide) groups is 1. The molecule has 2 N–H and O–H groups in total. The van der Waals surface area contributed by atoms with E-state index in [4.69, 9.17) is 21.1 Å². The van der Waals surface area contributed by atoms with Gasteiger partial charge in [-0.15, -0.1) is 11.8 Å². The van der Waals surface area contributed by atoms with Crippen molar-refractivity contribution in [2.75, 3.05) is 39.6 Å². The summed E-state index contributed by atoms with van der Waals surface area (Å²) in [6, 6.07) is 13.4. The minimum Gasteiger partial charge on any atom is -0.497 e. The standard InChI is InChI=1S/C28H33ClN2O5S/c1-35-19-4-3-5-21(16-19)37-15-14-31-12-10-28(11-13-31,27(33)34)9-8-25(32)26-22-17-20(36-2)6-7-24(22)30-18-23(26)29/h3-7,16-18,25,32H,8-15H2,1-2H3,(H,33,34). The molecule has 2 aromatic carbocycles. The molecular formula is C28H33ClN2O5S. The maximum Gasteiger partial charge on any atom is 0.309 e. The Bertz CT molecular complexity index is 1230. The van der Waals surface area contributed by atoms with E-state index in [-0.39, 0.29) is 0 Å². The summed E-state index contributed by atoms with van der Waals surface area (Å²) < 4.78 is 10.6. The molecule has 7 nitrogen and oxygen atoms in total. The number of halogens is 1. The Morgan fingerprint density at radius 2 is 1.89 bits per heavy atom. The zero-order chi connectivity index (χ0) is 26.4. The van der Waals surface area contributed by atoms with Gasteiger partial charge in [-0.05, 0) is 75.2 Å². The summed E-state index contributed by atoms with van der Waals surface area (Å²) in [5.41, 5.74) is 0.412. The Balaban J connectivity index is 1.36. The second-order valence-corrected chi connectivity index (χ2v) is 11.0. The van der Waals surface area contributed by atoms with Crippen molar-refractivity contribution >= 4 is 40.2 Å². The minimum atomic E-state index is -0.904. The van der Waals surface area contributed by atoms with Crippen molar-refractivity contribution in [3.8, 4) is 11.5 Å². The third-order valence-electron chi connectivity index (χ3n) is 7.28. The van der Waals surface area contributed by atoms with E-state index in [1.54, 1.807) is 26.0 Å². The number of carbonyl (C=O) groups is 1. The molecule has 198 valence electrons. The molecular weight excluding hydrogens is 512 g/mol. The van der Waals surface area contributed by atoms with Gasteiger partial charge in [0.15, 0.2) is 0 Å². The highest BCUT2D eigenvalue weighted by molar-refractivity contribution is 7.99. The fourth-order valence-corrected chi connectivity index (χ4v) is 6.19. The number of aliphatic hydroxyl groups excluding tert-OH is 1. The first kappa shape index (κ1) is 27.5. The van der Waals surface area contributed by atoms with Crippen molar-refractivity contribution < 1.29 is 24.5 Å². The molecule has 1 unspecified atom stereocenters. The van der Waals surface area contributed by atoms with Crippen molar-refractivity contribution in [2.24, 2.45) is 5.41 Å². The Morgan fingerprint density at radius 3 is 2.59 bits per heavy atom. The number of ether oxygens (including phenoxy) is 2. The molecule has 1 saturated heterocycles. The van der Waals surface area contributed by atoms with E-state index in [9.17, 15) is 15.0 Å². The van der Waals surface area contributed by atoms with Gasteiger partial charge in [-0.1, -0.05) is 17.7 Å². The molecule has 9 heteroatoms. The SMILES string of the molecule is COc1cccc(SCCN2CCC(CCC(O)c3c(Cl)cnc4ccc(OC)cc34)(C(=O)O)CC2)c1. The van der Waals surface area contributed by atoms with Crippen LogP contribution in [-0.2, 0) is 4.79 Å². The number of hydrogen-bond acceptors (Lipinski definition) is 7. The maximum atomic E-state index is 12.4. The van der Waals surface area contributed by atoms with Crippen LogP contribution in [-0.4, -0.2) is 65.7 Å². The first-order valence-electron chi connectivity index (χ1n) is 12.4. The number of piperidine rings is 1. The fourth-order valence-electron chi connectivity index (χ4n) is 4.95. The van der Waals surface area contributed by atoms with Crippen molar-refractivity contribution in [1.29, 1.82) is 0 Å². The molecule has 1 aromatic heterocycles. The number of hydrogen-bond donors (Lipinski definition) is 2. The van der Waals surface area contributed by atoms with Crippen LogP contribution in [0, 0.1) is 5.41 Å². The molecule has 0 radical (unpaired) electrons. The highest BCUT2D eigenvalue weighted by atomic mass is 35.5. The van der Waals surface area contributed by atoms with Crippen LogP contribution in [0.15, 0.2) is 53.6 Å². The van der Waals surface area contributed by atoms with Gasteiger partial charge < -0.3 is 24.6 Å². The van der Waals surface area contributed by atoms with E-state index in [1.807, 2.05) is 36.4 Å². The molecule has 4 rings (SSSR count). The van der Waals surface area contributed by atoms with Crippen LogP contribution in [0.3, 0.4) is 0 Å². The summed E-state index contributed by atoms with van der Waals surface area (Å²) in [7, 11) is 3.24. The molecule has 37 heavy (non-hydrogen) atoms. The number of fused-ring (bicyclic) bond motifs is 1. The van der Waals surface area contributed by atoms with Crippen molar-refractivity contribution in [3.63, 3.8) is 0 Å². The molecule has 1 fully saturated rings. The molecule has 0 saturated carbocycles. The maximum absolute atomic E-state index is 12.4.